The van der Waals surface area contributed by atoms with Crippen LogP contribution >= 0.6 is 11.6 Å². The second-order valence-electron chi connectivity index (χ2n) is 5.11. The van der Waals surface area contributed by atoms with Crippen LogP contribution in [0.3, 0.4) is 0 Å². The molecule has 1 saturated heterocycles. The van der Waals surface area contributed by atoms with Crippen LogP contribution in [0.15, 0.2) is 0 Å². The molecule has 2 rings (SSSR count). The number of halogens is 1. The molecule has 0 aromatic rings. The maximum absolute atomic E-state index is 11.8. The van der Waals surface area contributed by atoms with E-state index in [-0.39, 0.29) is 11.6 Å². The molecule has 2 aliphatic rings. The van der Waals surface area contributed by atoms with Crippen LogP contribution in [0.4, 0.5) is 0 Å². The Morgan fingerprint density at radius 1 is 1.06 bits per heavy atom. The number of piperidine rings is 1. The van der Waals surface area contributed by atoms with Crippen LogP contribution in [0.25, 0.3) is 0 Å². The minimum Gasteiger partial charge on any atom is -0.212 e. The Bertz CT molecular complexity index is 326. The zero-order valence-corrected chi connectivity index (χ0v) is 11.2. The van der Waals surface area contributed by atoms with Crippen molar-refractivity contribution in [2.24, 2.45) is 5.41 Å². The highest BCUT2D eigenvalue weighted by molar-refractivity contribution is 7.89. The lowest BCUT2D eigenvalue weighted by molar-refractivity contribution is 0.160. The molecule has 3 nitrogen and oxygen atoms in total. The summed E-state index contributed by atoms with van der Waals surface area (Å²) in [6.07, 6.45) is 7.36. The van der Waals surface area contributed by atoms with Crippen LogP contribution in [-0.4, -0.2) is 37.4 Å². The quantitative estimate of drug-likeness (QED) is 0.734. The molecule has 0 aromatic carbocycles. The minimum absolute atomic E-state index is 0.0849. The molecule has 0 amide bonds. The summed E-state index contributed by atoms with van der Waals surface area (Å²) in [7, 11) is -3.08. The molecule has 0 bridgehead atoms. The van der Waals surface area contributed by atoms with Gasteiger partial charge in [-0.2, -0.15) is 0 Å². The monoisotopic (exact) mass is 265 g/mol. The number of hydrogen-bond donors (Lipinski definition) is 0. The van der Waals surface area contributed by atoms with Gasteiger partial charge in [-0.1, -0.05) is 12.8 Å². The molecule has 1 aliphatic heterocycles. The summed E-state index contributed by atoms with van der Waals surface area (Å²) in [5, 5.41) is 0. The molecule has 0 aromatic heterocycles. The van der Waals surface area contributed by atoms with Gasteiger partial charge in [0.05, 0.1) is 5.75 Å². The van der Waals surface area contributed by atoms with Crippen molar-refractivity contribution in [2.45, 2.75) is 38.5 Å². The van der Waals surface area contributed by atoms with Gasteiger partial charge < -0.3 is 0 Å². The molecule has 1 heterocycles. The maximum atomic E-state index is 11.8. The molecule has 1 spiro atoms. The Balaban J connectivity index is 1.94. The number of hydrogen-bond acceptors (Lipinski definition) is 2. The average Bonchev–Trinajstić information content (AvgIpc) is 2.67. The predicted octanol–water partition coefficient (Wildman–Crippen LogP) is 2.21. The van der Waals surface area contributed by atoms with Gasteiger partial charge in [-0.15, -0.1) is 11.6 Å². The number of sulfonamides is 1. The summed E-state index contributed by atoms with van der Waals surface area (Å²) in [5.41, 5.74) is 0.479. The van der Waals surface area contributed by atoms with E-state index in [9.17, 15) is 8.42 Å². The Hall–Kier alpha value is 0.200. The van der Waals surface area contributed by atoms with Crippen molar-refractivity contribution in [3.63, 3.8) is 0 Å². The third-order valence-electron chi connectivity index (χ3n) is 4.18. The van der Waals surface area contributed by atoms with E-state index in [2.05, 4.69) is 0 Å². The molecule has 0 atom stereocenters. The van der Waals surface area contributed by atoms with Crippen molar-refractivity contribution in [1.29, 1.82) is 0 Å². The minimum atomic E-state index is -3.08. The van der Waals surface area contributed by atoms with E-state index in [1.807, 2.05) is 0 Å². The lowest BCUT2D eigenvalue weighted by Crippen LogP contribution is -2.43. The summed E-state index contributed by atoms with van der Waals surface area (Å²) in [5.74, 6) is 0.283. The highest BCUT2D eigenvalue weighted by Gasteiger charge is 2.39. The van der Waals surface area contributed by atoms with E-state index in [0.717, 1.165) is 12.8 Å². The summed E-state index contributed by atoms with van der Waals surface area (Å²) < 4.78 is 25.3. The molecule has 2 fully saturated rings. The molecule has 94 valence electrons. The van der Waals surface area contributed by atoms with Gasteiger partial charge in [0.15, 0.2) is 0 Å². The van der Waals surface area contributed by atoms with Crippen molar-refractivity contribution < 1.29 is 8.42 Å². The van der Waals surface area contributed by atoms with Gasteiger partial charge in [0, 0.05) is 19.0 Å². The zero-order valence-electron chi connectivity index (χ0n) is 9.62. The largest absolute Gasteiger partial charge is 0.215 e. The molecule has 1 saturated carbocycles. The maximum Gasteiger partial charge on any atom is 0.215 e. The van der Waals surface area contributed by atoms with Gasteiger partial charge >= 0.3 is 0 Å². The highest BCUT2D eigenvalue weighted by atomic mass is 35.5. The first-order chi connectivity index (χ1) is 7.58. The van der Waals surface area contributed by atoms with Gasteiger partial charge in [-0.3, -0.25) is 0 Å². The Kier molecular flexibility index (Phi) is 3.82. The fourth-order valence-corrected chi connectivity index (χ4v) is 4.87. The first-order valence-electron chi connectivity index (χ1n) is 6.12. The van der Waals surface area contributed by atoms with Crippen molar-refractivity contribution in [2.75, 3.05) is 24.7 Å². The molecule has 16 heavy (non-hydrogen) atoms. The van der Waals surface area contributed by atoms with E-state index in [1.54, 1.807) is 4.31 Å². The lowest BCUT2D eigenvalue weighted by atomic mass is 9.78. The van der Waals surface area contributed by atoms with Gasteiger partial charge in [0.1, 0.15) is 0 Å². The van der Waals surface area contributed by atoms with E-state index < -0.39 is 10.0 Å². The average molecular weight is 266 g/mol. The number of rotatable bonds is 3. The highest BCUT2D eigenvalue weighted by Crippen LogP contribution is 2.46. The smallest absolute Gasteiger partial charge is 0.212 e. The summed E-state index contributed by atoms with van der Waals surface area (Å²) in [4.78, 5) is 0. The second kappa shape index (κ2) is 4.83. The summed E-state index contributed by atoms with van der Waals surface area (Å²) in [6, 6.07) is 0. The van der Waals surface area contributed by atoms with Crippen LogP contribution in [0.2, 0.25) is 0 Å². The summed E-state index contributed by atoms with van der Waals surface area (Å²) >= 11 is 5.52. The first kappa shape index (κ1) is 12.7. The van der Waals surface area contributed by atoms with Crippen LogP contribution in [-0.2, 0) is 10.0 Å². The molecule has 0 unspecified atom stereocenters. The first-order valence-corrected chi connectivity index (χ1v) is 8.26. The Labute approximate surface area is 103 Å². The van der Waals surface area contributed by atoms with Crippen LogP contribution < -0.4 is 0 Å². The van der Waals surface area contributed by atoms with Gasteiger partial charge in [-0.05, 0) is 31.1 Å². The third kappa shape index (κ3) is 2.54. The fraction of sp³-hybridized carbons (Fsp3) is 1.00. The number of nitrogens with zero attached hydrogens (tertiary/aromatic N) is 1. The molecule has 5 heteroatoms. The van der Waals surface area contributed by atoms with Crippen LogP contribution in [0.1, 0.15) is 38.5 Å². The Morgan fingerprint density at radius 3 is 2.12 bits per heavy atom. The van der Waals surface area contributed by atoms with Crippen molar-refractivity contribution >= 4 is 21.6 Å². The van der Waals surface area contributed by atoms with Crippen LogP contribution in [0, 0.1) is 5.41 Å². The lowest BCUT2D eigenvalue weighted by Gasteiger charge is -2.38. The fourth-order valence-electron chi connectivity index (χ4n) is 3.09. The Morgan fingerprint density at radius 2 is 1.62 bits per heavy atom. The summed E-state index contributed by atoms with van der Waals surface area (Å²) in [6.45, 7) is 1.42. The van der Waals surface area contributed by atoms with Gasteiger partial charge in [0.2, 0.25) is 10.0 Å². The molecular weight excluding hydrogens is 246 g/mol. The van der Waals surface area contributed by atoms with Crippen LogP contribution in [0.5, 0.6) is 0 Å². The van der Waals surface area contributed by atoms with Gasteiger partial charge in [-0.25, -0.2) is 12.7 Å². The van der Waals surface area contributed by atoms with E-state index in [4.69, 9.17) is 11.6 Å². The van der Waals surface area contributed by atoms with E-state index in [1.165, 1.54) is 25.7 Å². The molecule has 0 radical (unpaired) electrons. The zero-order chi connectivity index (χ0) is 11.6. The number of alkyl halides is 1. The predicted molar refractivity (Wildman–Crippen MR) is 66.2 cm³/mol. The van der Waals surface area contributed by atoms with Crippen molar-refractivity contribution in [3.05, 3.63) is 0 Å². The normalized spacial score (nSPS) is 26.3. The van der Waals surface area contributed by atoms with E-state index >= 15 is 0 Å². The van der Waals surface area contributed by atoms with Crippen molar-refractivity contribution in [1.82, 2.24) is 4.31 Å². The van der Waals surface area contributed by atoms with Crippen molar-refractivity contribution in [3.8, 4) is 0 Å². The third-order valence-corrected chi connectivity index (χ3v) is 6.46. The second-order valence-corrected chi connectivity index (χ2v) is 7.58. The molecular formula is C11H20ClNO2S. The van der Waals surface area contributed by atoms with Gasteiger partial charge in [0.25, 0.3) is 0 Å². The van der Waals surface area contributed by atoms with E-state index in [0.29, 0.717) is 18.5 Å². The molecule has 1 aliphatic carbocycles. The molecule has 0 N–H and O–H groups in total. The SMILES string of the molecule is O=S(=O)(CCCl)N1CCC2(CCCC2)CC1. The standard InChI is InChI=1S/C11H20ClNO2S/c12-7-10-16(14,15)13-8-5-11(6-9-13)3-1-2-4-11/h1-10H2. The topological polar surface area (TPSA) is 37.4 Å².